The lowest BCUT2D eigenvalue weighted by Crippen LogP contribution is -2.10. The van der Waals surface area contributed by atoms with Crippen molar-refractivity contribution in [1.29, 1.82) is 0 Å². The van der Waals surface area contributed by atoms with E-state index in [0.29, 0.717) is 6.54 Å². The van der Waals surface area contributed by atoms with Crippen LogP contribution in [0.2, 0.25) is 0 Å². The summed E-state index contributed by atoms with van der Waals surface area (Å²) in [5, 5.41) is 0. The Morgan fingerprint density at radius 2 is 2.21 bits per heavy atom. The number of benzene rings is 1. The van der Waals surface area contributed by atoms with E-state index in [2.05, 4.69) is 24.3 Å². The van der Waals surface area contributed by atoms with Crippen LogP contribution in [0.25, 0.3) is 0 Å². The lowest BCUT2D eigenvalue weighted by molar-refractivity contribution is 0.0788. The molecular weight excluding hydrogens is 174 g/mol. The highest BCUT2D eigenvalue weighted by Crippen LogP contribution is 2.48. The number of hydrogen-bond donors (Lipinski definition) is 1. The molecule has 2 N–H and O–H groups in total. The Hall–Kier alpha value is -0.860. The molecule has 0 atom stereocenters. The fourth-order valence-corrected chi connectivity index (χ4v) is 1.90. The van der Waals surface area contributed by atoms with Crippen LogP contribution in [-0.2, 0) is 16.8 Å². The molecule has 14 heavy (non-hydrogen) atoms. The molecule has 1 aliphatic carbocycles. The standard InChI is InChI=1S/C12H17NO/c1-14-12(6-7-12)11-4-2-3-10(9-11)5-8-13/h2-4,9H,5-8,13H2,1H3. The van der Waals surface area contributed by atoms with Gasteiger partial charge in [-0.05, 0) is 36.9 Å². The largest absolute Gasteiger partial charge is 0.374 e. The monoisotopic (exact) mass is 191 g/mol. The van der Waals surface area contributed by atoms with E-state index in [0.717, 1.165) is 19.3 Å². The fraction of sp³-hybridized carbons (Fsp3) is 0.500. The second-order valence-electron chi connectivity index (χ2n) is 3.94. The molecule has 76 valence electrons. The summed E-state index contributed by atoms with van der Waals surface area (Å²) in [4.78, 5) is 0. The lowest BCUT2D eigenvalue weighted by Gasteiger charge is -2.14. The normalized spacial score (nSPS) is 18.1. The maximum absolute atomic E-state index is 5.54. The van der Waals surface area contributed by atoms with E-state index in [-0.39, 0.29) is 5.60 Å². The first kappa shape index (κ1) is 9.69. The second kappa shape index (κ2) is 3.71. The van der Waals surface area contributed by atoms with Crippen molar-refractivity contribution in [3.8, 4) is 0 Å². The highest BCUT2D eigenvalue weighted by molar-refractivity contribution is 5.32. The van der Waals surface area contributed by atoms with E-state index in [4.69, 9.17) is 10.5 Å². The van der Waals surface area contributed by atoms with Crippen LogP contribution in [0.5, 0.6) is 0 Å². The molecule has 0 spiro atoms. The summed E-state index contributed by atoms with van der Waals surface area (Å²) in [7, 11) is 1.79. The highest BCUT2D eigenvalue weighted by Gasteiger charge is 2.44. The van der Waals surface area contributed by atoms with Crippen LogP contribution in [0.15, 0.2) is 24.3 Å². The van der Waals surface area contributed by atoms with E-state index in [1.54, 1.807) is 7.11 Å². The molecule has 0 radical (unpaired) electrons. The maximum atomic E-state index is 5.54. The first-order valence-corrected chi connectivity index (χ1v) is 5.15. The predicted molar refractivity (Wildman–Crippen MR) is 57.1 cm³/mol. The zero-order valence-electron chi connectivity index (χ0n) is 8.62. The quantitative estimate of drug-likeness (QED) is 0.788. The zero-order chi connectivity index (χ0) is 10.0. The Kier molecular flexibility index (Phi) is 2.57. The summed E-state index contributed by atoms with van der Waals surface area (Å²) in [5.74, 6) is 0. The van der Waals surface area contributed by atoms with Crippen molar-refractivity contribution in [2.45, 2.75) is 24.9 Å². The molecule has 1 aliphatic rings. The molecule has 0 amide bonds. The van der Waals surface area contributed by atoms with E-state index < -0.39 is 0 Å². The van der Waals surface area contributed by atoms with Crippen LogP contribution in [-0.4, -0.2) is 13.7 Å². The van der Waals surface area contributed by atoms with Crippen LogP contribution in [0.1, 0.15) is 24.0 Å². The van der Waals surface area contributed by atoms with Crippen LogP contribution in [0.4, 0.5) is 0 Å². The summed E-state index contributed by atoms with van der Waals surface area (Å²) in [5.41, 5.74) is 8.19. The molecule has 1 fully saturated rings. The van der Waals surface area contributed by atoms with Crippen molar-refractivity contribution >= 4 is 0 Å². The summed E-state index contributed by atoms with van der Waals surface area (Å²) in [6, 6.07) is 8.60. The van der Waals surface area contributed by atoms with Gasteiger partial charge in [-0.3, -0.25) is 0 Å². The molecular formula is C12H17NO. The van der Waals surface area contributed by atoms with Crippen molar-refractivity contribution in [1.82, 2.24) is 0 Å². The molecule has 2 rings (SSSR count). The van der Waals surface area contributed by atoms with Crippen molar-refractivity contribution in [2.24, 2.45) is 5.73 Å². The number of ether oxygens (including phenoxy) is 1. The topological polar surface area (TPSA) is 35.2 Å². The third kappa shape index (κ3) is 1.68. The Morgan fingerprint density at radius 1 is 1.43 bits per heavy atom. The highest BCUT2D eigenvalue weighted by atomic mass is 16.5. The zero-order valence-corrected chi connectivity index (χ0v) is 8.62. The van der Waals surface area contributed by atoms with Gasteiger partial charge in [-0.1, -0.05) is 24.3 Å². The number of hydrogen-bond acceptors (Lipinski definition) is 2. The van der Waals surface area contributed by atoms with Gasteiger partial charge >= 0.3 is 0 Å². The van der Waals surface area contributed by atoms with Crippen LogP contribution in [0.3, 0.4) is 0 Å². The summed E-state index contributed by atoms with van der Waals surface area (Å²) in [6.45, 7) is 0.712. The Bertz CT molecular complexity index is 318. The molecule has 2 nitrogen and oxygen atoms in total. The predicted octanol–water partition coefficient (Wildman–Crippen LogP) is 1.82. The van der Waals surface area contributed by atoms with Gasteiger partial charge in [-0.25, -0.2) is 0 Å². The van der Waals surface area contributed by atoms with Gasteiger partial charge in [0.15, 0.2) is 0 Å². The molecule has 0 bridgehead atoms. The van der Waals surface area contributed by atoms with Gasteiger partial charge in [0.1, 0.15) is 0 Å². The third-order valence-electron chi connectivity index (χ3n) is 2.98. The minimum atomic E-state index is 0.0323. The maximum Gasteiger partial charge on any atom is 0.0930 e. The molecule has 1 saturated carbocycles. The average Bonchev–Trinajstić information content (AvgIpc) is 2.99. The number of methoxy groups -OCH3 is 1. The van der Waals surface area contributed by atoms with Crippen molar-refractivity contribution in [3.05, 3.63) is 35.4 Å². The number of rotatable bonds is 4. The minimum absolute atomic E-state index is 0.0323. The van der Waals surface area contributed by atoms with E-state index >= 15 is 0 Å². The number of nitrogens with two attached hydrogens (primary N) is 1. The van der Waals surface area contributed by atoms with Crippen LogP contribution >= 0.6 is 0 Å². The minimum Gasteiger partial charge on any atom is -0.374 e. The molecule has 0 aromatic heterocycles. The fourth-order valence-electron chi connectivity index (χ4n) is 1.90. The van der Waals surface area contributed by atoms with Crippen molar-refractivity contribution < 1.29 is 4.74 Å². The SMILES string of the molecule is COC1(c2cccc(CCN)c2)CC1. The Morgan fingerprint density at radius 3 is 2.79 bits per heavy atom. The van der Waals surface area contributed by atoms with E-state index in [9.17, 15) is 0 Å². The first-order chi connectivity index (χ1) is 6.80. The van der Waals surface area contributed by atoms with Gasteiger partial charge < -0.3 is 10.5 Å². The molecule has 0 unspecified atom stereocenters. The molecule has 1 aromatic carbocycles. The van der Waals surface area contributed by atoms with Gasteiger partial charge in [0.25, 0.3) is 0 Å². The van der Waals surface area contributed by atoms with E-state index in [1.807, 2.05) is 0 Å². The van der Waals surface area contributed by atoms with Gasteiger partial charge in [0.05, 0.1) is 5.60 Å². The molecule has 2 heteroatoms. The van der Waals surface area contributed by atoms with E-state index in [1.165, 1.54) is 11.1 Å². The third-order valence-corrected chi connectivity index (χ3v) is 2.98. The summed E-state index contributed by atoms with van der Waals surface area (Å²) < 4.78 is 5.54. The smallest absolute Gasteiger partial charge is 0.0930 e. The van der Waals surface area contributed by atoms with Gasteiger partial charge in [0.2, 0.25) is 0 Å². The van der Waals surface area contributed by atoms with Gasteiger partial charge in [0, 0.05) is 7.11 Å². The van der Waals surface area contributed by atoms with Crippen LogP contribution < -0.4 is 5.73 Å². The average molecular weight is 191 g/mol. The van der Waals surface area contributed by atoms with Gasteiger partial charge in [-0.2, -0.15) is 0 Å². The summed E-state index contributed by atoms with van der Waals surface area (Å²) in [6.07, 6.45) is 3.25. The second-order valence-corrected chi connectivity index (χ2v) is 3.94. The molecule has 1 aromatic rings. The van der Waals surface area contributed by atoms with Gasteiger partial charge in [-0.15, -0.1) is 0 Å². The molecule has 0 aliphatic heterocycles. The first-order valence-electron chi connectivity index (χ1n) is 5.15. The summed E-state index contributed by atoms with van der Waals surface area (Å²) >= 11 is 0. The lowest BCUT2D eigenvalue weighted by atomic mass is 10.0. The Labute approximate surface area is 85.1 Å². The van der Waals surface area contributed by atoms with Crippen molar-refractivity contribution in [3.63, 3.8) is 0 Å². The molecule has 0 heterocycles. The van der Waals surface area contributed by atoms with Crippen molar-refractivity contribution in [2.75, 3.05) is 13.7 Å². The molecule has 0 saturated heterocycles. The van der Waals surface area contributed by atoms with Crippen LogP contribution in [0, 0.1) is 0 Å². The Balaban J connectivity index is 2.22.